The second-order valence-electron chi connectivity index (χ2n) is 7.39. The van der Waals surface area contributed by atoms with Crippen LogP contribution in [0.1, 0.15) is 57.6 Å². The van der Waals surface area contributed by atoms with Gasteiger partial charge in [0.15, 0.2) is 0 Å². The summed E-state index contributed by atoms with van der Waals surface area (Å²) >= 11 is 0. The average molecular weight is 432 g/mol. The Bertz CT molecular complexity index is 915. The summed E-state index contributed by atoms with van der Waals surface area (Å²) in [6, 6.07) is 3.56. The Morgan fingerprint density at radius 2 is 1.90 bits per heavy atom. The van der Waals surface area contributed by atoms with Crippen molar-refractivity contribution >= 4 is 24.2 Å². The number of imide groups is 1. The van der Waals surface area contributed by atoms with Crippen LogP contribution in [0.4, 0.5) is 10.7 Å². The van der Waals surface area contributed by atoms with Crippen LogP contribution in [0.5, 0.6) is 0 Å². The number of carbonyl (C=O) groups is 3. The van der Waals surface area contributed by atoms with Crippen molar-refractivity contribution in [3.8, 4) is 11.4 Å². The molecule has 0 atom stereocenters. The number of hydrogen-bond acceptors (Lipinski definition) is 7. The highest BCUT2D eigenvalue weighted by Crippen LogP contribution is 2.29. The molecule has 170 valence electrons. The summed E-state index contributed by atoms with van der Waals surface area (Å²) in [5.74, 6) is 0.161. The number of ether oxygens (including phenoxy) is 1. The molecule has 0 unspecified atom stereocenters. The van der Waals surface area contributed by atoms with Gasteiger partial charge in [-0.1, -0.05) is 13.8 Å². The van der Waals surface area contributed by atoms with E-state index < -0.39 is 11.7 Å². The molecule has 0 aromatic carbocycles. The molecule has 2 aromatic heterocycles. The topological polar surface area (TPSA) is 106 Å². The van der Waals surface area contributed by atoms with Crippen molar-refractivity contribution in [2.24, 2.45) is 7.05 Å². The molecule has 9 heteroatoms. The molecule has 2 amide bonds. The van der Waals surface area contributed by atoms with E-state index in [1.54, 1.807) is 46.1 Å². The van der Waals surface area contributed by atoms with Crippen LogP contribution in [0.15, 0.2) is 18.3 Å². The van der Waals surface area contributed by atoms with Crippen LogP contribution in [0.2, 0.25) is 0 Å². The lowest BCUT2D eigenvalue weighted by molar-refractivity contribution is -0.106. The molecule has 1 aliphatic rings. The van der Waals surface area contributed by atoms with Crippen molar-refractivity contribution in [1.29, 1.82) is 0 Å². The fourth-order valence-electron chi connectivity index (χ4n) is 2.95. The third kappa shape index (κ3) is 6.37. The van der Waals surface area contributed by atoms with Crippen LogP contribution in [-0.2, 0) is 23.0 Å². The largest absolute Gasteiger partial charge is 0.443 e. The van der Waals surface area contributed by atoms with Crippen molar-refractivity contribution in [1.82, 2.24) is 19.4 Å². The maximum Gasteiger partial charge on any atom is 0.417 e. The van der Waals surface area contributed by atoms with Gasteiger partial charge in [-0.2, -0.15) is 0 Å². The zero-order chi connectivity index (χ0) is 23.8. The smallest absolute Gasteiger partial charge is 0.417 e. The van der Waals surface area contributed by atoms with Gasteiger partial charge in [0, 0.05) is 39.0 Å². The first kappa shape index (κ1) is 25.8. The van der Waals surface area contributed by atoms with E-state index in [0.29, 0.717) is 30.2 Å². The number of hydrogen-bond donors (Lipinski definition) is 1. The first-order valence-electron chi connectivity index (χ1n) is 10.3. The number of amides is 2. The lowest BCUT2D eigenvalue weighted by Gasteiger charge is -2.28. The van der Waals surface area contributed by atoms with Gasteiger partial charge in [-0.15, -0.1) is 0 Å². The van der Waals surface area contributed by atoms with Gasteiger partial charge >= 0.3 is 6.09 Å². The van der Waals surface area contributed by atoms with Gasteiger partial charge < -0.3 is 19.4 Å². The number of carbonyl (C=O) groups excluding carboxylic acids is 3. The van der Waals surface area contributed by atoms with Crippen molar-refractivity contribution in [2.75, 3.05) is 18.9 Å². The van der Waals surface area contributed by atoms with Gasteiger partial charge in [0.2, 0.25) is 5.95 Å². The number of rotatable bonds is 2. The summed E-state index contributed by atoms with van der Waals surface area (Å²) in [5, 5.41) is 2.90. The Labute approximate surface area is 183 Å². The van der Waals surface area contributed by atoms with Crippen molar-refractivity contribution in [3.63, 3.8) is 0 Å². The molecule has 0 saturated carbocycles. The molecule has 0 radical (unpaired) electrons. The van der Waals surface area contributed by atoms with Crippen molar-refractivity contribution in [3.05, 3.63) is 29.6 Å². The monoisotopic (exact) mass is 431 g/mol. The van der Waals surface area contributed by atoms with Crippen LogP contribution >= 0.6 is 0 Å². The van der Waals surface area contributed by atoms with Crippen molar-refractivity contribution < 1.29 is 19.1 Å². The van der Waals surface area contributed by atoms with Gasteiger partial charge in [0.25, 0.3) is 5.91 Å². The number of anilines is 1. The van der Waals surface area contributed by atoms with Crippen molar-refractivity contribution in [2.45, 2.75) is 53.6 Å². The number of aromatic nitrogens is 3. The molecular formula is C22H33N5O4. The van der Waals surface area contributed by atoms with Gasteiger partial charge in [-0.05, 0) is 39.8 Å². The molecular weight excluding hydrogens is 398 g/mol. The maximum absolute atomic E-state index is 12.8. The first-order valence-corrected chi connectivity index (χ1v) is 10.3. The summed E-state index contributed by atoms with van der Waals surface area (Å²) in [6.45, 7) is 11.1. The molecule has 31 heavy (non-hydrogen) atoms. The highest BCUT2D eigenvalue weighted by molar-refractivity contribution is 6.05. The van der Waals surface area contributed by atoms with Crippen LogP contribution in [0.3, 0.4) is 0 Å². The number of nitrogens with one attached hydrogen (secondary N) is 1. The Morgan fingerprint density at radius 1 is 1.29 bits per heavy atom. The van der Waals surface area contributed by atoms with E-state index in [2.05, 4.69) is 15.3 Å². The van der Waals surface area contributed by atoms with Gasteiger partial charge in [-0.3, -0.25) is 4.79 Å². The van der Waals surface area contributed by atoms with Crippen LogP contribution < -0.4 is 5.32 Å². The zero-order valence-electron chi connectivity index (χ0n) is 19.6. The summed E-state index contributed by atoms with van der Waals surface area (Å²) in [4.78, 5) is 43.7. The third-order valence-corrected chi connectivity index (χ3v) is 4.16. The van der Waals surface area contributed by atoms with Gasteiger partial charge in [0.05, 0.1) is 17.0 Å². The molecule has 0 fully saturated rings. The standard InChI is InChI=1S/C18H23N5O3.C2H4O.C2H6/c1-18(2,3)26-17(25)23-9-7-13-11(15(23)24)10-14(22(13)5)12-6-8-20-16(19-4)21-12;1-2-3;1-2/h6,8,10H,7,9H2,1-5H3,(H,19,20,21);2H,1H3;1-2H3. The molecule has 1 N–H and O–H groups in total. The second-order valence-corrected chi connectivity index (χ2v) is 7.39. The van der Waals surface area contributed by atoms with Crippen LogP contribution in [-0.4, -0.2) is 56.9 Å². The van der Waals surface area contributed by atoms with E-state index in [-0.39, 0.29) is 5.91 Å². The Hall–Kier alpha value is -3.23. The maximum atomic E-state index is 12.8. The van der Waals surface area contributed by atoms with E-state index in [4.69, 9.17) is 9.53 Å². The van der Waals surface area contributed by atoms with Crippen LogP contribution in [0.25, 0.3) is 11.4 Å². The lowest BCUT2D eigenvalue weighted by Crippen LogP contribution is -2.44. The second kappa shape index (κ2) is 11.2. The number of nitrogens with zero attached hydrogens (tertiary/aromatic N) is 4. The predicted octanol–water partition coefficient (Wildman–Crippen LogP) is 3.69. The molecule has 0 spiro atoms. The van der Waals surface area contributed by atoms with E-state index in [1.807, 2.05) is 25.5 Å². The molecule has 3 heterocycles. The normalized spacial score (nSPS) is 12.5. The van der Waals surface area contributed by atoms with E-state index >= 15 is 0 Å². The first-order chi connectivity index (χ1) is 14.6. The summed E-state index contributed by atoms with van der Waals surface area (Å²) in [5.41, 5.74) is 2.24. The van der Waals surface area contributed by atoms with Gasteiger partial charge in [0.1, 0.15) is 11.9 Å². The molecule has 0 aliphatic carbocycles. The Morgan fingerprint density at radius 3 is 2.45 bits per heavy atom. The third-order valence-electron chi connectivity index (χ3n) is 4.16. The fraction of sp³-hybridized carbons (Fsp3) is 0.500. The summed E-state index contributed by atoms with van der Waals surface area (Å²) < 4.78 is 7.29. The number of aldehydes is 1. The van der Waals surface area contributed by atoms with E-state index in [9.17, 15) is 9.59 Å². The predicted molar refractivity (Wildman–Crippen MR) is 120 cm³/mol. The fourth-order valence-corrected chi connectivity index (χ4v) is 2.95. The zero-order valence-corrected chi connectivity index (χ0v) is 19.6. The minimum absolute atomic E-state index is 0.295. The molecule has 0 saturated heterocycles. The van der Waals surface area contributed by atoms with Crippen LogP contribution in [0, 0.1) is 0 Å². The average Bonchev–Trinajstić information content (AvgIpc) is 3.06. The highest BCUT2D eigenvalue weighted by atomic mass is 16.6. The minimum Gasteiger partial charge on any atom is -0.443 e. The molecule has 3 rings (SSSR count). The molecule has 2 aromatic rings. The minimum atomic E-state index is -0.649. The lowest BCUT2D eigenvalue weighted by atomic mass is 10.1. The SMILES string of the molecule is CC.CC=O.CNc1nccc(-c2cc3c(n2C)CCN(C(=O)OC(C)(C)C)C3=O)n1. The summed E-state index contributed by atoms with van der Waals surface area (Å²) in [7, 11) is 3.64. The molecule has 9 nitrogen and oxygen atoms in total. The Kier molecular flexibility index (Phi) is 9.36. The van der Waals surface area contributed by atoms with Gasteiger partial charge in [-0.25, -0.2) is 19.7 Å². The highest BCUT2D eigenvalue weighted by Gasteiger charge is 2.34. The molecule has 1 aliphatic heterocycles. The van der Waals surface area contributed by atoms with E-state index in [0.717, 1.165) is 22.6 Å². The Balaban J connectivity index is 0.000000884. The molecule has 0 bridgehead atoms. The number of fused-ring (bicyclic) bond motifs is 1. The quantitative estimate of drug-likeness (QED) is 0.723. The summed E-state index contributed by atoms with van der Waals surface area (Å²) in [6.07, 6.45) is 2.37. The van der Waals surface area contributed by atoms with E-state index in [1.165, 1.54) is 6.92 Å².